The number of rotatable bonds is 3. The summed E-state index contributed by atoms with van der Waals surface area (Å²) in [6.45, 7) is 3.95. The fraction of sp³-hybridized carbons (Fsp3) is 0.600. The molecule has 0 heterocycles. The van der Waals surface area contributed by atoms with Gasteiger partial charge >= 0.3 is 0 Å². The lowest BCUT2D eigenvalue weighted by Crippen LogP contribution is -2.32. The van der Waals surface area contributed by atoms with Crippen LogP contribution in [0.15, 0.2) is 12.1 Å². The van der Waals surface area contributed by atoms with Crippen molar-refractivity contribution < 1.29 is 4.39 Å². The van der Waals surface area contributed by atoms with Gasteiger partial charge in [-0.1, -0.05) is 37.4 Å². The highest BCUT2D eigenvalue weighted by Crippen LogP contribution is 2.50. The third kappa shape index (κ3) is 2.28. The van der Waals surface area contributed by atoms with Gasteiger partial charge < -0.3 is 5.73 Å². The molecule has 1 fully saturated rings. The molecule has 0 spiro atoms. The van der Waals surface area contributed by atoms with E-state index in [2.05, 4.69) is 6.92 Å². The Morgan fingerprint density at radius 3 is 2.56 bits per heavy atom. The first-order valence-electron chi connectivity index (χ1n) is 6.71. The fourth-order valence-corrected chi connectivity index (χ4v) is 3.48. The van der Waals surface area contributed by atoms with Gasteiger partial charge in [0.2, 0.25) is 0 Å². The van der Waals surface area contributed by atoms with Crippen LogP contribution in [0, 0.1) is 18.2 Å². The summed E-state index contributed by atoms with van der Waals surface area (Å²) in [6.07, 6.45) is 5.83. The van der Waals surface area contributed by atoms with E-state index in [-0.39, 0.29) is 17.3 Å². The molecule has 1 atom stereocenters. The molecular formula is C15H21ClFN. The monoisotopic (exact) mass is 269 g/mol. The van der Waals surface area contributed by atoms with Gasteiger partial charge in [0.1, 0.15) is 5.82 Å². The zero-order valence-corrected chi connectivity index (χ0v) is 11.9. The summed E-state index contributed by atoms with van der Waals surface area (Å²) in [5.41, 5.74) is 8.13. The van der Waals surface area contributed by atoms with E-state index in [1.807, 2.05) is 6.07 Å². The average molecular weight is 270 g/mol. The van der Waals surface area contributed by atoms with Crippen LogP contribution >= 0.6 is 11.6 Å². The van der Waals surface area contributed by atoms with Crippen LogP contribution in [0.3, 0.4) is 0 Å². The Bertz CT molecular complexity index is 438. The van der Waals surface area contributed by atoms with E-state index in [1.54, 1.807) is 6.92 Å². The second-order valence-corrected chi connectivity index (χ2v) is 5.93. The van der Waals surface area contributed by atoms with Gasteiger partial charge in [0.25, 0.3) is 0 Å². The van der Waals surface area contributed by atoms with Crippen molar-refractivity contribution in [2.45, 2.75) is 52.0 Å². The second kappa shape index (κ2) is 5.18. The van der Waals surface area contributed by atoms with Crippen LogP contribution in [0.25, 0.3) is 0 Å². The van der Waals surface area contributed by atoms with E-state index in [1.165, 1.54) is 18.9 Å². The van der Waals surface area contributed by atoms with E-state index in [0.717, 1.165) is 24.8 Å². The first-order valence-corrected chi connectivity index (χ1v) is 7.09. The molecule has 18 heavy (non-hydrogen) atoms. The maximum atomic E-state index is 13.5. The summed E-state index contributed by atoms with van der Waals surface area (Å²) < 4.78 is 13.5. The highest BCUT2D eigenvalue weighted by molar-refractivity contribution is 6.31. The Kier molecular flexibility index (Phi) is 3.98. The van der Waals surface area contributed by atoms with Gasteiger partial charge in [0.05, 0.1) is 0 Å². The molecule has 2 N–H and O–H groups in total. The molecule has 0 aliphatic heterocycles. The smallest absolute Gasteiger partial charge is 0.127 e. The summed E-state index contributed by atoms with van der Waals surface area (Å²) in [7, 11) is 0. The highest BCUT2D eigenvalue weighted by Gasteiger charge is 2.39. The zero-order chi connectivity index (χ0) is 13.3. The molecule has 0 saturated heterocycles. The van der Waals surface area contributed by atoms with E-state index >= 15 is 0 Å². The molecule has 100 valence electrons. The number of hydrogen-bond donors (Lipinski definition) is 1. The molecule has 3 heteroatoms. The molecule has 1 saturated carbocycles. The van der Waals surface area contributed by atoms with Gasteiger partial charge in [-0.3, -0.25) is 0 Å². The van der Waals surface area contributed by atoms with Crippen molar-refractivity contribution in [3.63, 3.8) is 0 Å². The Balaban J connectivity index is 2.39. The van der Waals surface area contributed by atoms with Gasteiger partial charge in [-0.05, 0) is 48.8 Å². The Morgan fingerprint density at radius 1 is 1.39 bits per heavy atom. The van der Waals surface area contributed by atoms with E-state index in [9.17, 15) is 4.39 Å². The number of aryl methyl sites for hydroxylation is 1. The molecule has 1 aromatic rings. The van der Waals surface area contributed by atoms with E-state index < -0.39 is 0 Å². The summed E-state index contributed by atoms with van der Waals surface area (Å²) in [5, 5.41) is 0.463. The van der Waals surface area contributed by atoms with Crippen LogP contribution in [0.1, 0.15) is 56.2 Å². The summed E-state index contributed by atoms with van der Waals surface area (Å²) in [6, 6.07) is 3.12. The standard InChI is InChI=1S/C15H21ClFN/c1-3-15(6-4-5-7-15)14(18)11-8-10(2)13(17)9-12(11)16/h8-9,14H,3-7,18H2,1-2H3. The van der Waals surface area contributed by atoms with Gasteiger partial charge in [-0.25, -0.2) is 4.39 Å². The molecule has 2 rings (SSSR count). The average Bonchev–Trinajstić information content (AvgIpc) is 2.83. The second-order valence-electron chi connectivity index (χ2n) is 5.52. The van der Waals surface area contributed by atoms with Gasteiger partial charge in [-0.2, -0.15) is 0 Å². The van der Waals surface area contributed by atoms with Crippen molar-refractivity contribution in [3.05, 3.63) is 34.1 Å². The third-order valence-corrected chi connectivity index (χ3v) is 4.90. The maximum absolute atomic E-state index is 13.5. The first kappa shape index (κ1) is 13.8. The van der Waals surface area contributed by atoms with E-state index in [0.29, 0.717) is 10.6 Å². The van der Waals surface area contributed by atoms with Crippen molar-refractivity contribution in [1.82, 2.24) is 0 Å². The van der Waals surface area contributed by atoms with Crippen LogP contribution in [-0.2, 0) is 0 Å². The van der Waals surface area contributed by atoms with Gasteiger partial charge in [-0.15, -0.1) is 0 Å². The number of nitrogens with two attached hydrogens (primary N) is 1. The van der Waals surface area contributed by atoms with Crippen LogP contribution < -0.4 is 5.73 Å². The maximum Gasteiger partial charge on any atom is 0.127 e. The molecule has 1 unspecified atom stereocenters. The lowest BCUT2D eigenvalue weighted by Gasteiger charge is -2.35. The van der Waals surface area contributed by atoms with Crippen molar-refractivity contribution in [3.8, 4) is 0 Å². The molecule has 1 aliphatic carbocycles. The molecule has 0 radical (unpaired) electrons. The topological polar surface area (TPSA) is 26.0 Å². The number of hydrogen-bond acceptors (Lipinski definition) is 1. The molecule has 1 aliphatic rings. The lowest BCUT2D eigenvalue weighted by atomic mass is 9.74. The molecule has 0 amide bonds. The van der Waals surface area contributed by atoms with Crippen molar-refractivity contribution in [2.75, 3.05) is 0 Å². The minimum absolute atomic E-state index is 0.0863. The van der Waals surface area contributed by atoms with Crippen LogP contribution in [0.5, 0.6) is 0 Å². The molecule has 1 aromatic carbocycles. The predicted molar refractivity (Wildman–Crippen MR) is 74.3 cm³/mol. The molecule has 1 nitrogen and oxygen atoms in total. The minimum atomic E-state index is -0.257. The van der Waals surface area contributed by atoms with Gasteiger partial charge in [0, 0.05) is 11.1 Å². The summed E-state index contributed by atoms with van der Waals surface area (Å²) in [5.74, 6) is -0.257. The number of benzene rings is 1. The Morgan fingerprint density at radius 2 is 2.00 bits per heavy atom. The van der Waals surface area contributed by atoms with Crippen molar-refractivity contribution in [2.24, 2.45) is 11.1 Å². The molecule has 0 bridgehead atoms. The largest absolute Gasteiger partial charge is 0.323 e. The fourth-order valence-electron chi connectivity index (χ4n) is 3.21. The molecule has 0 aromatic heterocycles. The normalized spacial score (nSPS) is 20.1. The van der Waals surface area contributed by atoms with Crippen molar-refractivity contribution in [1.29, 1.82) is 0 Å². The summed E-state index contributed by atoms with van der Waals surface area (Å²) in [4.78, 5) is 0. The van der Waals surface area contributed by atoms with Crippen LogP contribution in [0.4, 0.5) is 4.39 Å². The van der Waals surface area contributed by atoms with Crippen LogP contribution in [0.2, 0.25) is 5.02 Å². The Labute approximate surface area is 114 Å². The van der Waals surface area contributed by atoms with Crippen molar-refractivity contribution >= 4 is 11.6 Å². The lowest BCUT2D eigenvalue weighted by molar-refractivity contribution is 0.222. The van der Waals surface area contributed by atoms with Crippen LogP contribution in [-0.4, -0.2) is 0 Å². The van der Waals surface area contributed by atoms with Gasteiger partial charge in [0.15, 0.2) is 0 Å². The number of halogens is 2. The predicted octanol–water partition coefficient (Wildman–Crippen LogP) is 4.76. The quantitative estimate of drug-likeness (QED) is 0.841. The first-order chi connectivity index (χ1) is 8.50. The third-order valence-electron chi connectivity index (χ3n) is 4.58. The zero-order valence-electron chi connectivity index (χ0n) is 11.1. The van der Waals surface area contributed by atoms with E-state index in [4.69, 9.17) is 17.3 Å². The Hall–Kier alpha value is -0.600. The minimum Gasteiger partial charge on any atom is -0.323 e. The SMILES string of the molecule is CCC1(C(N)c2cc(C)c(F)cc2Cl)CCCC1. The highest BCUT2D eigenvalue weighted by atomic mass is 35.5. The molecular weight excluding hydrogens is 249 g/mol. The summed E-state index contributed by atoms with van der Waals surface area (Å²) >= 11 is 6.17.